The molecule has 0 heterocycles. The molecule has 0 radical (unpaired) electrons. The molecule has 16 heavy (non-hydrogen) atoms. The molecule has 0 fully saturated rings. The Morgan fingerprint density at radius 1 is 1.44 bits per heavy atom. The zero-order chi connectivity index (χ0) is 12.4. The van der Waals surface area contributed by atoms with E-state index in [1.54, 1.807) is 0 Å². The molecule has 0 saturated heterocycles. The summed E-state index contributed by atoms with van der Waals surface area (Å²) in [7, 11) is 0. The Hall–Kier alpha value is -0.830. The van der Waals surface area contributed by atoms with Crippen molar-refractivity contribution in [3.05, 3.63) is 12.2 Å². The van der Waals surface area contributed by atoms with Gasteiger partial charge in [0.2, 0.25) is 0 Å². The van der Waals surface area contributed by atoms with Gasteiger partial charge in [-0.2, -0.15) is 0 Å². The Labute approximate surface area is 98.7 Å². The molecule has 0 amide bonds. The quantitative estimate of drug-likeness (QED) is 0.595. The number of carboxylic acids is 1. The summed E-state index contributed by atoms with van der Waals surface area (Å²) in [5.74, 6) is -0.114. The Balaban J connectivity index is 3.81. The number of carboxylic acid groups (broad SMARTS) is 1. The van der Waals surface area contributed by atoms with Crippen LogP contribution in [-0.4, -0.2) is 17.6 Å². The van der Waals surface area contributed by atoms with Crippen LogP contribution in [0, 0.1) is 11.8 Å². The Morgan fingerprint density at radius 2 is 2.12 bits per heavy atom. The third-order valence-corrected chi connectivity index (χ3v) is 2.69. The van der Waals surface area contributed by atoms with Crippen LogP contribution in [0.3, 0.4) is 0 Å². The van der Waals surface area contributed by atoms with E-state index in [2.05, 4.69) is 26.0 Å². The highest BCUT2D eigenvalue weighted by molar-refractivity contribution is 5.67. The smallest absolute Gasteiger partial charge is 0.303 e. The molecule has 3 heteroatoms. The van der Waals surface area contributed by atoms with Gasteiger partial charge in [0, 0.05) is 6.42 Å². The lowest BCUT2D eigenvalue weighted by Gasteiger charge is -2.16. The van der Waals surface area contributed by atoms with Gasteiger partial charge < -0.3 is 10.8 Å². The lowest BCUT2D eigenvalue weighted by Crippen LogP contribution is -2.20. The lowest BCUT2D eigenvalue weighted by atomic mass is 9.91. The molecular weight excluding hydrogens is 202 g/mol. The first-order chi connectivity index (χ1) is 7.60. The normalized spacial score (nSPS) is 15.2. The van der Waals surface area contributed by atoms with E-state index < -0.39 is 5.97 Å². The fourth-order valence-electron chi connectivity index (χ4n) is 1.79. The standard InChI is InChI=1S/C13H25NO2/c1-3-4-5-6-7-11(2)8-12(10-14)9-13(15)16/h5-6,11-12H,3-4,7-10,14H2,1-2H3,(H,15,16)/b6-5+/t11-,12+/m1/s1. The van der Waals surface area contributed by atoms with Crippen molar-refractivity contribution in [2.75, 3.05) is 6.54 Å². The molecule has 94 valence electrons. The zero-order valence-electron chi connectivity index (χ0n) is 10.5. The predicted octanol–water partition coefficient (Wildman–Crippen LogP) is 2.81. The largest absolute Gasteiger partial charge is 0.481 e. The minimum Gasteiger partial charge on any atom is -0.481 e. The average Bonchev–Trinajstić information content (AvgIpc) is 2.23. The first-order valence-corrected chi connectivity index (χ1v) is 6.17. The van der Waals surface area contributed by atoms with Crippen molar-refractivity contribution in [2.45, 2.75) is 46.0 Å². The van der Waals surface area contributed by atoms with Gasteiger partial charge in [-0.3, -0.25) is 4.79 Å². The lowest BCUT2D eigenvalue weighted by molar-refractivity contribution is -0.138. The van der Waals surface area contributed by atoms with Gasteiger partial charge in [0.15, 0.2) is 0 Å². The van der Waals surface area contributed by atoms with Gasteiger partial charge in [-0.05, 0) is 37.6 Å². The van der Waals surface area contributed by atoms with E-state index >= 15 is 0 Å². The number of allylic oxidation sites excluding steroid dienone is 2. The molecule has 3 N–H and O–H groups in total. The summed E-state index contributed by atoms with van der Waals surface area (Å²) < 4.78 is 0. The molecule has 0 aliphatic heterocycles. The number of carbonyl (C=O) groups is 1. The fraction of sp³-hybridized carbons (Fsp3) is 0.769. The van der Waals surface area contributed by atoms with Crippen LogP contribution in [0.2, 0.25) is 0 Å². The number of hydrogen-bond donors (Lipinski definition) is 2. The number of aliphatic carboxylic acids is 1. The predicted molar refractivity (Wildman–Crippen MR) is 67.2 cm³/mol. The summed E-state index contributed by atoms with van der Waals surface area (Å²) in [6, 6.07) is 0. The topological polar surface area (TPSA) is 63.3 Å². The van der Waals surface area contributed by atoms with E-state index in [0.717, 1.165) is 19.3 Å². The van der Waals surface area contributed by atoms with E-state index in [1.807, 2.05) is 0 Å². The maximum absolute atomic E-state index is 10.6. The van der Waals surface area contributed by atoms with Gasteiger partial charge >= 0.3 is 5.97 Å². The van der Waals surface area contributed by atoms with E-state index in [4.69, 9.17) is 10.8 Å². The maximum atomic E-state index is 10.6. The van der Waals surface area contributed by atoms with Crippen LogP contribution in [0.5, 0.6) is 0 Å². The van der Waals surface area contributed by atoms with Crippen LogP contribution in [-0.2, 0) is 4.79 Å². The molecule has 0 saturated carbocycles. The monoisotopic (exact) mass is 227 g/mol. The molecule has 0 unspecified atom stereocenters. The van der Waals surface area contributed by atoms with Crippen LogP contribution >= 0.6 is 0 Å². The Kier molecular flexibility index (Phi) is 8.91. The number of hydrogen-bond acceptors (Lipinski definition) is 2. The van der Waals surface area contributed by atoms with Crippen LogP contribution < -0.4 is 5.73 Å². The van der Waals surface area contributed by atoms with E-state index in [1.165, 1.54) is 6.42 Å². The molecule has 0 rings (SSSR count). The molecule has 0 aliphatic rings. The molecule has 3 nitrogen and oxygen atoms in total. The van der Waals surface area contributed by atoms with Gasteiger partial charge in [-0.15, -0.1) is 0 Å². The second-order valence-electron chi connectivity index (χ2n) is 4.54. The van der Waals surface area contributed by atoms with Crippen LogP contribution in [0.25, 0.3) is 0 Å². The van der Waals surface area contributed by atoms with E-state index in [0.29, 0.717) is 12.5 Å². The summed E-state index contributed by atoms with van der Waals surface area (Å²) >= 11 is 0. The highest BCUT2D eigenvalue weighted by Crippen LogP contribution is 2.18. The van der Waals surface area contributed by atoms with Crippen molar-refractivity contribution in [1.29, 1.82) is 0 Å². The molecule has 0 aromatic carbocycles. The first-order valence-electron chi connectivity index (χ1n) is 6.17. The summed E-state index contributed by atoms with van der Waals surface area (Å²) in [5.41, 5.74) is 5.56. The second kappa shape index (κ2) is 9.40. The van der Waals surface area contributed by atoms with Crippen LogP contribution in [0.4, 0.5) is 0 Å². The summed E-state index contributed by atoms with van der Waals surface area (Å²) in [4.78, 5) is 10.6. The van der Waals surface area contributed by atoms with Gasteiger partial charge in [0.05, 0.1) is 0 Å². The molecular formula is C13H25NO2. The highest BCUT2D eigenvalue weighted by Gasteiger charge is 2.14. The summed E-state index contributed by atoms with van der Waals surface area (Å²) in [6.07, 6.45) is 8.82. The minimum absolute atomic E-state index is 0.118. The minimum atomic E-state index is -0.746. The van der Waals surface area contributed by atoms with Crippen molar-refractivity contribution in [1.82, 2.24) is 0 Å². The second-order valence-corrected chi connectivity index (χ2v) is 4.54. The van der Waals surface area contributed by atoms with Crippen molar-refractivity contribution in [3.63, 3.8) is 0 Å². The molecule has 0 aromatic rings. The number of nitrogens with two attached hydrogens (primary N) is 1. The SMILES string of the molecule is CCC/C=C/C[C@@H](C)C[C@H](CN)CC(=O)O. The van der Waals surface area contributed by atoms with Crippen LogP contribution in [0.15, 0.2) is 12.2 Å². The van der Waals surface area contributed by atoms with E-state index in [9.17, 15) is 4.79 Å². The third-order valence-electron chi connectivity index (χ3n) is 2.69. The molecule has 0 spiro atoms. The van der Waals surface area contributed by atoms with Crippen molar-refractivity contribution in [2.24, 2.45) is 17.6 Å². The highest BCUT2D eigenvalue weighted by atomic mass is 16.4. The molecule has 0 aromatic heterocycles. The molecule has 0 bridgehead atoms. The van der Waals surface area contributed by atoms with Gasteiger partial charge in [0.1, 0.15) is 0 Å². The van der Waals surface area contributed by atoms with Crippen LogP contribution in [0.1, 0.15) is 46.0 Å². The molecule has 2 atom stereocenters. The van der Waals surface area contributed by atoms with Crippen molar-refractivity contribution < 1.29 is 9.90 Å². The summed E-state index contributed by atoms with van der Waals surface area (Å²) in [5, 5.41) is 8.70. The first kappa shape index (κ1) is 15.2. The van der Waals surface area contributed by atoms with Crippen molar-refractivity contribution in [3.8, 4) is 0 Å². The Morgan fingerprint density at radius 3 is 2.62 bits per heavy atom. The number of unbranched alkanes of at least 4 members (excludes halogenated alkanes) is 1. The van der Waals surface area contributed by atoms with Gasteiger partial charge in [-0.25, -0.2) is 0 Å². The third kappa shape index (κ3) is 8.48. The molecule has 0 aliphatic carbocycles. The fourth-order valence-corrected chi connectivity index (χ4v) is 1.79. The van der Waals surface area contributed by atoms with Gasteiger partial charge in [0.25, 0.3) is 0 Å². The summed E-state index contributed by atoms with van der Waals surface area (Å²) in [6.45, 7) is 4.78. The Bertz CT molecular complexity index is 214. The maximum Gasteiger partial charge on any atom is 0.303 e. The van der Waals surface area contributed by atoms with Crippen molar-refractivity contribution >= 4 is 5.97 Å². The average molecular weight is 227 g/mol. The van der Waals surface area contributed by atoms with Gasteiger partial charge in [-0.1, -0.05) is 32.4 Å². The zero-order valence-corrected chi connectivity index (χ0v) is 10.5. The van der Waals surface area contributed by atoms with E-state index in [-0.39, 0.29) is 12.3 Å². The number of rotatable bonds is 9.